The van der Waals surface area contributed by atoms with Crippen molar-refractivity contribution in [2.45, 2.75) is 25.3 Å². The third kappa shape index (κ3) is 8.27. The smallest absolute Gasteiger partial charge is 0.264 e. The van der Waals surface area contributed by atoms with Gasteiger partial charge in [-0.2, -0.15) is 5.10 Å². The first-order valence-corrected chi connectivity index (χ1v) is 15.2. The van der Waals surface area contributed by atoms with Gasteiger partial charge in [0.2, 0.25) is 0 Å². The maximum Gasteiger partial charge on any atom is 0.264 e. The van der Waals surface area contributed by atoms with Crippen LogP contribution in [0.1, 0.15) is 23.6 Å². The normalized spacial score (nSPS) is 11.3. The van der Waals surface area contributed by atoms with Crippen LogP contribution in [0, 0.1) is 6.92 Å². The zero-order valence-electron chi connectivity index (χ0n) is 24.0. The number of carbonyl (C=O) groups excluding carboxylic acids is 1. The van der Waals surface area contributed by atoms with Gasteiger partial charge in [0.15, 0.2) is 11.5 Å². The molecule has 0 spiro atoms. The third-order valence-electron chi connectivity index (χ3n) is 6.18. The molecule has 0 aliphatic rings. The van der Waals surface area contributed by atoms with E-state index in [9.17, 15) is 13.2 Å². The SMILES string of the molecule is CCOc1cc(/C=N\NC(=O)CN(c2cc(C)ccc2OC)S(=O)(=O)c2ccccc2)ccc1OCc1cccc(Cl)c1. The number of sulfonamides is 1. The van der Waals surface area contributed by atoms with E-state index in [2.05, 4.69) is 10.5 Å². The van der Waals surface area contributed by atoms with Crippen LogP contribution in [-0.2, 0) is 21.4 Å². The summed E-state index contributed by atoms with van der Waals surface area (Å²) in [6.07, 6.45) is 1.43. The molecular formula is C32H32ClN3O6S. The fraction of sp³-hybridized carbons (Fsp3) is 0.188. The van der Waals surface area contributed by atoms with E-state index < -0.39 is 22.5 Å². The molecule has 0 fully saturated rings. The second-order valence-corrected chi connectivity index (χ2v) is 11.6. The molecule has 0 aliphatic heterocycles. The van der Waals surface area contributed by atoms with Crippen molar-refractivity contribution in [1.29, 1.82) is 0 Å². The number of anilines is 1. The summed E-state index contributed by atoms with van der Waals surface area (Å²) in [7, 11) is -2.68. The van der Waals surface area contributed by atoms with Crippen LogP contribution in [0.2, 0.25) is 5.02 Å². The van der Waals surface area contributed by atoms with Crippen molar-refractivity contribution >= 4 is 39.4 Å². The Bertz CT molecular complexity index is 1700. The average Bonchev–Trinajstić information content (AvgIpc) is 3.00. The van der Waals surface area contributed by atoms with Gasteiger partial charge in [-0.15, -0.1) is 0 Å². The van der Waals surface area contributed by atoms with E-state index in [1.807, 2.05) is 32.0 Å². The number of benzene rings is 4. The second kappa shape index (κ2) is 14.6. The minimum atomic E-state index is -4.12. The molecule has 11 heteroatoms. The van der Waals surface area contributed by atoms with Crippen molar-refractivity contribution in [3.8, 4) is 17.2 Å². The second-order valence-electron chi connectivity index (χ2n) is 9.35. The first kappa shape index (κ1) is 31.4. The van der Waals surface area contributed by atoms with Crippen LogP contribution in [0.4, 0.5) is 5.69 Å². The first-order valence-electron chi connectivity index (χ1n) is 13.4. The average molecular weight is 622 g/mol. The Labute approximate surface area is 256 Å². The van der Waals surface area contributed by atoms with E-state index in [-0.39, 0.29) is 10.6 Å². The van der Waals surface area contributed by atoms with Gasteiger partial charge >= 0.3 is 0 Å². The maximum atomic E-state index is 13.7. The van der Waals surface area contributed by atoms with Crippen molar-refractivity contribution < 1.29 is 27.4 Å². The van der Waals surface area contributed by atoms with Gasteiger partial charge in [-0.1, -0.05) is 48.0 Å². The number of aryl methyl sites for hydroxylation is 1. The minimum absolute atomic E-state index is 0.0379. The summed E-state index contributed by atoms with van der Waals surface area (Å²) in [6.45, 7) is 3.87. The first-order chi connectivity index (χ1) is 20.7. The van der Waals surface area contributed by atoms with Gasteiger partial charge in [-0.25, -0.2) is 13.8 Å². The minimum Gasteiger partial charge on any atom is -0.495 e. The van der Waals surface area contributed by atoms with E-state index >= 15 is 0 Å². The summed E-state index contributed by atoms with van der Waals surface area (Å²) >= 11 is 6.07. The van der Waals surface area contributed by atoms with Crippen molar-refractivity contribution in [3.63, 3.8) is 0 Å². The molecule has 0 aliphatic carbocycles. The fourth-order valence-electron chi connectivity index (χ4n) is 4.14. The molecule has 43 heavy (non-hydrogen) atoms. The summed E-state index contributed by atoms with van der Waals surface area (Å²) in [5, 5.41) is 4.67. The van der Waals surface area contributed by atoms with Crippen LogP contribution in [0.5, 0.6) is 17.2 Å². The molecule has 0 saturated carbocycles. The quantitative estimate of drug-likeness (QED) is 0.145. The monoisotopic (exact) mass is 621 g/mol. The summed E-state index contributed by atoms with van der Waals surface area (Å²) in [4.78, 5) is 13.1. The maximum absolute atomic E-state index is 13.7. The topological polar surface area (TPSA) is 107 Å². The Hall–Kier alpha value is -4.54. The number of ether oxygens (including phenoxy) is 3. The zero-order chi connectivity index (χ0) is 30.8. The number of nitrogens with one attached hydrogen (secondary N) is 1. The summed E-state index contributed by atoms with van der Waals surface area (Å²) in [5.74, 6) is 0.705. The fourth-order valence-corrected chi connectivity index (χ4v) is 5.80. The number of hydrogen-bond acceptors (Lipinski definition) is 7. The number of nitrogens with zero attached hydrogens (tertiary/aromatic N) is 2. The Morgan fingerprint density at radius 2 is 1.70 bits per heavy atom. The number of methoxy groups -OCH3 is 1. The molecule has 0 heterocycles. The highest BCUT2D eigenvalue weighted by Gasteiger charge is 2.29. The van der Waals surface area contributed by atoms with Crippen LogP contribution in [0.25, 0.3) is 0 Å². The number of halogens is 1. The standard InChI is InChI=1S/C32H32ClN3O6S/c1-4-41-31-19-24(14-16-30(31)42-22-25-9-8-10-26(33)18-25)20-34-35-32(37)21-36(28-17-23(2)13-15-29(28)40-3)43(38,39)27-11-6-5-7-12-27/h5-20H,4,21-22H2,1-3H3,(H,35,37)/b34-20-. The van der Waals surface area contributed by atoms with Gasteiger partial charge in [0.1, 0.15) is 18.9 Å². The van der Waals surface area contributed by atoms with Crippen LogP contribution in [0.15, 0.2) is 101 Å². The molecule has 4 rings (SSSR count). The summed E-state index contributed by atoms with van der Waals surface area (Å²) in [5.41, 5.74) is 5.00. The molecule has 224 valence electrons. The molecule has 9 nitrogen and oxygen atoms in total. The van der Waals surface area contributed by atoms with Crippen molar-refractivity contribution in [1.82, 2.24) is 5.43 Å². The molecule has 0 atom stereocenters. The molecule has 0 saturated heterocycles. The lowest BCUT2D eigenvalue weighted by atomic mass is 10.2. The lowest BCUT2D eigenvalue weighted by Gasteiger charge is -2.25. The Kier molecular flexibility index (Phi) is 10.6. The van der Waals surface area contributed by atoms with Crippen LogP contribution < -0.4 is 23.9 Å². The molecule has 0 bridgehead atoms. The Balaban J connectivity index is 1.50. The lowest BCUT2D eigenvalue weighted by molar-refractivity contribution is -0.119. The lowest BCUT2D eigenvalue weighted by Crippen LogP contribution is -2.39. The molecule has 1 amide bonds. The summed E-state index contributed by atoms with van der Waals surface area (Å²) < 4.78 is 45.4. The van der Waals surface area contributed by atoms with E-state index in [0.29, 0.717) is 41.0 Å². The molecule has 1 N–H and O–H groups in total. The molecule has 0 unspecified atom stereocenters. The highest BCUT2D eigenvalue weighted by atomic mass is 35.5. The predicted molar refractivity (Wildman–Crippen MR) is 168 cm³/mol. The highest BCUT2D eigenvalue weighted by Crippen LogP contribution is 2.33. The number of amides is 1. The molecular weight excluding hydrogens is 590 g/mol. The van der Waals surface area contributed by atoms with Crippen molar-refractivity contribution in [2.24, 2.45) is 5.10 Å². The Morgan fingerprint density at radius 3 is 2.42 bits per heavy atom. The zero-order valence-corrected chi connectivity index (χ0v) is 25.6. The Morgan fingerprint density at radius 1 is 0.930 bits per heavy atom. The van der Waals surface area contributed by atoms with Crippen molar-refractivity contribution in [3.05, 3.63) is 113 Å². The molecule has 0 radical (unpaired) electrons. The van der Waals surface area contributed by atoms with Gasteiger partial charge in [0, 0.05) is 5.02 Å². The van der Waals surface area contributed by atoms with Crippen LogP contribution in [0.3, 0.4) is 0 Å². The number of hydrogen-bond donors (Lipinski definition) is 1. The van der Waals surface area contributed by atoms with E-state index in [4.69, 9.17) is 25.8 Å². The summed E-state index contributed by atoms with van der Waals surface area (Å²) in [6, 6.07) is 25.6. The third-order valence-corrected chi connectivity index (χ3v) is 8.18. The highest BCUT2D eigenvalue weighted by molar-refractivity contribution is 7.92. The van der Waals surface area contributed by atoms with Gasteiger partial charge in [0.25, 0.3) is 15.9 Å². The largest absolute Gasteiger partial charge is 0.495 e. The molecule has 4 aromatic rings. The van der Waals surface area contributed by atoms with Gasteiger partial charge < -0.3 is 14.2 Å². The van der Waals surface area contributed by atoms with Crippen molar-refractivity contribution in [2.75, 3.05) is 24.6 Å². The van der Waals surface area contributed by atoms with Gasteiger partial charge in [0.05, 0.1) is 30.5 Å². The van der Waals surface area contributed by atoms with Crippen LogP contribution >= 0.6 is 11.6 Å². The van der Waals surface area contributed by atoms with Gasteiger partial charge in [-0.05, 0) is 85.1 Å². The number of hydrazone groups is 1. The predicted octanol–water partition coefficient (Wildman–Crippen LogP) is 5.98. The number of carbonyl (C=O) groups is 1. The van der Waals surface area contributed by atoms with Gasteiger partial charge in [-0.3, -0.25) is 9.10 Å². The molecule has 0 aromatic heterocycles. The van der Waals surface area contributed by atoms with E-state index in [1.54, 1.807) is 60.7 Å². The van der Waals surface area contributed by atoms with E-state index in [1.165, 1.54) is 25.5 Å². The van der Waals surface area contributed by atoms with Crippen LogP contribution in [-0.4, -0.2) is 40.8 Å². The molecule has 4 aromatic carbocycles. The van der Waals surface area contributed by atoms with E-state index in [0.717, 1.165) is 15.4 Å². The number of rotatable bonds is 13.